The highest BCUT2D eigenvalue weighted by Crippen LogP contribution is 2.08. The minimum absolute atomic E-state index is 0.0468. The predicted molar refractivity (Wildman–Crippen MR) is 120 cm³/mol. The van der Waals surface area contributed by atoms with E-state index in [1.165, 1.54) is 12.5 Å². The predicted octanol–water partition coefficient (Wildman–Crippen LogP) is -1.00. The Labute approximate surface area is 197 Å². The van der Waals surface area contributed by atoms with Crippen molar-refractivity contribution in [3.05, 3.63) is 18.2 Å². The third-order valence-corrected chi connectivity index (χ3v) is 5.14. The van der Waals surface area contributed by atoms with Gasteiger partial charge in [0.15, 0.2) is 0 Å². The minimum Gasteiger partial charge on any atom is -0.481 e. The van der Waals surface area contributed by atoms with Crippen molar-refractivity contribution < 1.29 is 34.2 Å². The number of amides is 3. The van der Waals surface area contributed by atoms with Gasteiger partial charge in [0.05, 0.1) is 12.4 Å². The number of rotatable bonds is 14. The topological polar surface area (TPSA) is 217 Å². The summed E-state index contributed by atoms with van der Waals surface area (Å²) in [7, 11) is 0. The van der Waals surface area contributed by atoms with E-state index in [2.05, 4.69) is 25.9 Å². The summed E-state index contributed by atoms with van der Waals surface area (Å²) in [6.07, 6.45) is 2.18. The van der Waals surface area contributed by atoms with E-state index >= 15 is 0 Å². The number of H-pyrrole nitrogens is 1. The molecule has 0 saturated carbocycles. The Hall–Kier alpha value is -3.48. The van der Waals surface area contributed by atoms with Crippen LogP contribution < -0.4 is 21.7 Å². The molecule has 1 rings (SSSR count). The minimum atomic E-state index is -1.44. The number of imidazole rings is 1. The van der Waals surface area contributed by atoms with E-state index in [9.17, 15) is 29.1 Å². The zero-order valence-electron chi connectivity index (χ0n) is 19.7. The van der Waals surface area contributed by atoms with Gasteiger partial charge >= 0.3 is 11.9 Å². The van der Waals surface area contributed by atoms with Crippen LogP contribution in [0.5, 0.6) is 0 Å². The number of aromatic amines is 1. The molecule has 4 unspecified atom stereocenters. The molecule has 3 amide bonds. The van der Waals surface area contributed by atoms with Gasteiger partial charge in [-0.15, -0.1) is 0 Å². The van der Waals surface area contributed by atoms with Gasteiger partial charge in [0, 0.05) is 24.7 Å². The van der Waals surface area contributed by atoms with Gasteiger partial charge in [-0.2, -0.15) is 0 Å². The monoisotopic (exact) mass is 482 g/mol. The summed E-state index contributed by atoms with van der Waals surface area (Å²) in [5, 5.41) is 25.5. The van der Waals surface area contributed by atoms with E-state index < -0.39 is 66.2 Å². The molecule has 13 heteroatoms. The van der Waals surface area contributed by atoms with Gasteiger partial charge < -0.3 is 36.9 Å². The molecule has 4 atom stereocenters. The Balaban J connectivity index is 3.01. The molecule has 1 aromatic heterocycles. The molecule has 34 heavy (non-hydrogen) atoms. The highest BCUT2D eigenvalue weighted by atomic mass is 16.4. The normalized spacial score (nSPS) is 14.7. The quantitative estimate of drug-likeness (QED) is 0.173. The third kappa shape index (κ3) is 9.17. The van der Waals surface area contributed by atoms with Crippen LogP contribution in [0.3, 0.4) is 0 Å². The average Bonchev–Trinajstić information content (AvgIpc) is 3.25. The lowest BCUT2D eigenvalue weighted by molar-refractivity contribution is -0.143. The summed E-state index contributed by atoms with van der Waals surface area (Å²) in [6, 6.07) is -4.52. The fourth-order valence-electron chi connectivity index (χ4n) is 2.97. The van der Waals surface area contributed by atoms with E-state index in [1.807, 2.05) is 0 Å². The van der Waals surface area contributed by atoms with Crippen LogP contribution in [-0.2, 0) is 30.4 Å². The molecule has 0 aliphatic carbocycles. The van der Waals surface area contributed by atoms with Crippen molar-refractivity contribution in [1.82, 2.24) is 25.9 Å². The molecule has 0 bridgehead atoms. The summed E-state index contributed by atoms with van der Waals surface area (Å²) in [4.78, 5) is 67.3. The van der Waals surface area contributed by atoms with E-state index in [0.29, 0.717) is 5.69 Å². The molecular formula is C21H34N6O7. The zero-order chi connectivity index (χ0) is 26.0. The molecule has 0 spiro atoms. The molecule has 0 fully saturated rings. The molecule has 1 aromatic rings. The van der Waals surface area contributed by atoms with Crippen molar-refractivity contribution in [2.24, 2.45) is 17.6 Å². The second-order valence-electron chi connectivity index (χ2n) is 8.67. The Morgan fingerprint density at radius 1 is 0.941 bits per heavy atom. The number of aliphatic carboxylic acids is 2. The lowest BCUT2D eigenvalue weighted by Crippen LogP contribution is -2.59. The number of nitrogens with zero attached hydrogens (tertiary/aromatic N) is 1. The molecule has 0 saturated heterocycles. The summed E-state index contributed by atoms with van der Waals surface area (Å²) in [5.74, 6) is -5.22. The molecule has 1 heterocycles. The molecule has 0 aliphatic heterocycles. The first-order chi connectivity index (χ1) is 15.8. The van der Waals surface area contributed by atoms with Gasteiger partial charge in [0.2, 0.25) is 17.7 Å². The lowest BCUT2D eigenvalue weighted by Gasteiger charge is -2.27. The van der Waals surface area contributed by atoms with Crippen LogP contribution in [0, 0.1) is 11.8 Å². The second-order valence-corrected chi connectivity index (χ2v) is 8.67. The zero-order valence-corrected chi connectivity index (χ0v) is 19.7. The van der Waals surface area contributed by atoms with Crippen LogP contribution in [0.1, 0.15) is 46.2 Å². The number of carboxylic acid groups (broad SMARTS) is 2. The maximum absolute atomic E-state index is 13.1. The first-order valence-electron chi connectivity index (χ1n) is 10.9. The van der Waals surface area contributed by atoms with Crippen LogP contribution in [0.4, 0.5) is 0 Å². The van der Waals surface area contributed by atoms with Crippen LogP contribution >= 0.6 is 0 Å². The number of nitrogens with one attached hydrogen (secondary N) is 4. The molecule has 0 radical (unpaired) electrons. The standard InChI is InChI=1S/C21H34N6O7/c1-10(2)16(22)19(31)26-14(7-12-8-23-9-24-12)18(30)27-17(11(3)4)20(32)25-13(21(33)34)5-6-15(28)29/h8-11,13-14,16-17H,5-7,22H2,1-4H3,(H,23,24)(H,25,32)(H,26,31)(H,27,30)(H,28,29)(H,33,34). The van der Waals surface area contributed by atoms with Crippen LogP contribution in [-0.4, -0.2) is 74.0 Å². The van der Waals surface area contributed by atoms with Crippen LogP contribution in [0.2, 0.25) is 0 Å². The Kier molecular flexibility index (Phi) is 11.2. The average molecular weight is 483 g/mol. The number of hydrogen-bond donors (Lipinski definition) is 7. The van der Waals surface area contributed by atoms with Crippen molar-refractivity contribution in [3.8, 4) is 0 Å². The number of carbonyl (C=O) groups excluding carboxylic acids is 3. The van der Waals surface area contributed by atoms with Gasteiger partial charge in [-0.05, 0) is 18.3 Å². The maximum atomic E-state index is 13.1. The third-order valence-electron chi connectivity index (χ3n) is 5.14. The summed E-state index contributed by atoms with van der Waals surface area (Å²) in [6.45, 7) is 6.82. The van der Waals surface area contributed by atoms with Gasteiger partial charge in [-0.1, -0.05) is 27.7 Å². The van der Waals surface area contributed by atoms with Crippen molar-refractivity contribution in [2.75, 3.05) is 0 Å². The highest BCUT2D eigenvalue weighted by molar-refractivity contribution is 5.94. The van der Waals surface area contributed by atoms with Crippen LogP contribution in [0.15, 0.2) is 12.5 Å². The SMILES string of the molecule is CC(C)C(N)C(=O)NC(Cc1cnc[nH]1)C(=O)NC(C(=O)NC(CCC(=O)O)C(=O)O)C(C)C. The first kappa shape index (κ1) is 28.6. The molecule has 0 aliphatic rings. The largest absolute Gasteiger partial charge is 0.481 e. The van der Waals surface area contributed by atoms with Crippen molar-refractivity contribution in [2.45, 2.75) is 71.1 Å². The van der Waals surface area contributed by atoms with E-state index in [4.69, 9.17) is 10.8 Å². The van der Waals surface area contributed by atoms with E-state index in [-0.39, 0.29) is 18.8 Å². The summed E-state index contributed by atoms with van der Waals surface area (Å²) < 4.78 is 0. The number of aromatic nitrogens is 2. The van der Waals surface area contributed by atoms with Gasteiger partial charge in [-0.25, -0.2) is 9.78 Å². The van der Waals surface area contributed by atoms with Gasteiger partial charge in [0.25, 0.3) is 0 Å². The smallest absolute Gasteiger partial charge is 0.326 e. The van der Waals surface area contributed by atoms with E-state index in [0.717, 1.165) is 0 Å². The van der Waals surface area contributed by atoms with Gasteiger partial charge in [-0.3, -0.25) is 19.2 Å². The molecule has 0 aromatic carbocycles. The first-order valence-corrected chi connectivity index (χ1v) is 10.9. The lowest BCUT2D eigenvalue weighted by atomic mass is 10.0. The number of carboxylic acids is 2. The number of nitrogens with two attached hydrogens (primary N) is 1. The molecular weight excluding hydrogens is 448 g/mol. The second kappa shape index (κ2) is 13.3. The Bertz CT molecular complexity index is 856. The fourth-order valence-corrected chi connectivity index (χ4v) is 2.97. The molecule has 8 N–H and O–H groups in total. The fraction of sp³-hybridized carbons (Fsp3) is 0.619. The Morgan fingerprint density at radius 2 is 1.56 bits per heavy atom. The molecule has 13 nitrogen and oxygen atoms in total. The highest BCUT2D eigenvalue weighted by Gasteiger charge is 2.32. The van der Waals surface area contributed by atoms with Crippen LogP contribution in [0.25, 0.3) is 0 Å². The Morgan fingerprint density at radius 3 is 2.03 bits per heavy atom. The van der Waals surface area contributed by atoms with Crippen molar-refractivity contribution in [1.29, 1.82) is 0 Å². The summed E-state index contributed by atoms with van der Waals surface area (Å²) >= 11 is 0. The summed E-state index contributed by atoms with van der Waals surface area (Å²) in [5.41, 5.74) is 6.45. The van der Waals surface area contributed by atoms with Crippen molar-refractivity contribution >= 4 is 29.7 Å². The maximum Gasteiger partial charge on any atom is 0.326 e. The number of carbonyl (C=O) groups is 5. The molecule has 190 valence electrons. The van der Waals surface area contributed by atoms with E-state index in [1.54, 1.807) is 27.7 Å². The van der Waals surface area contributed by atoms with Crippen molar-refractivity contribution in [3.63, 3.8) is 0 Å². The number of hydrogen-bond acceptors (Lipinski definition) is 7. The van der Waals surface area contributed by atoms with Gasteiger partial charge in [0.1, 0.15) is 18.1 Å².